The number of fused-ring (bicyclic) bond motifs is 1. The van der Waals surface area contributed by atoms with Crippen molar-refractivity contribution >= 4 is 0 Å². The van der Waals surface area contributed by atoms with E-state index < -0.39 is 6.29 Å². The predicted molar refractivity (Wildman–Crippen MR) is 65.4 cm³/mol. The van der Waals surface area contributed by atoms with Crippen molar-refractivity contribution in [1.82, 2.24) is 4.90 Å². The molecule has 2 saturated heterocycles. The first-order chi connectivity index (χ1) is 8.21. The van der Waals surface area contributed by atoms with Gasteiger partial charge in [-0.2, -0.15) is 0 Å². The van der Waals surface area contributed by atoms with Crippen molar-refractivity contribution in [2.24, 2.45) is 5.92 Å². The summed E-state index contributed by atoms with van der Waals surface area (Å²) in [7, 11) is 2.14. The van der Waals surface area contributed by atoms with Crippen LogP contribution in [0, 0.1) is 5.92 Å². The van der Waals surface area contributed by atoms with Gasteiger partial charge in [-0.15, -0.1) is 0 Å². The highest BCUT2D eigenvalue weighted by Crippen LogP contribution is 2.48. The molecule has 1 N–H and O–H groups in total. The van der Waals surface area contributed by atoms with Crippen molar-refractivity contribution in [3.63, 3.8) is 0 Å². The van der Waals surface area contributed by atoms with Crippen LogP contribution in [0.5, 0.6) is 0 Å². The summed E-state index contributed by atoms with van der Waals surface area (Å²) in [5.41, 5.74) is 0.961. The smallest absolute Gasteiger partial charge is 0.156 e. The number of benzene rings is 1. The average Bonchev–Trinajstić information content (AvgIpc) is 2.67. The van der Waals surface area contributed by atoms with E-state index in [-0.39, 0.29) is 5.60 Å². The molecule has 2 heterocycles. The minimum Gasteiger partial charge on any atom is -0.368 e. The Morgan fingerprint density at radius 2 is 2.12 bits per heavy atom. The summed E-state index contributed by atoms with van der Waals surface area (Å²) >= 11 is 0. The van der Waals surface area contributed by atoms with Crippen molar-refractivity contribution in [2.75, 3.05) is 20.1 Å². The van der Waals surface area contributed by atoms with Crippen LogP contribution < -0.4 is 0 Å². The predicted octanol–water partition coefficient (Wildman–Crippen LogP) is 1.57. The van der Waals surface area contributed by atoms with Crippen molar-refractivity contribution in [3.05, 3.63) is 35.9 Å². The lowest BCUT2D eigenvalue weighted by atomic mass is 9.76. The Balaban J connectivity index is 1.98. The van der Waals surface area contributed by atoms with Crippen molar-refractivity contribution in [2.45, 2.75) is 24.7 Å². The lowest BCUT2D eigenvalue weighted by molar-refractivity contribution is -0.160. The van der Waals surface area contributed by atoms with Crippen molar-refractivity contribution in [3.8, 4) is 0 Å². The van der Waals surface area contributed by atoms with Gasteiger partial charge in [-0.3, -0.25) is 0 Å². The van der Waals surface area contributed by atoms with E-state index in [4.69, 9.17) is 4.74 Å². The van der Waals surface area contributed by atoms with E-state index in [0.717, 1.165) is 25.9 Å². The highest BCUT2D eigenvalue weighted by molar-refractivity contribution is 5.26. The molecule has 92 valence electrons. The fraction of sp³-hybridized carbons (Fsp3) is 0.571. The molecule has 3 atom stereocenters. The summed E-state index contributed by atoms with van der Waals surface area (Å²) in [5.74, 6) is 0.402. The fourth-order valence-electron chi connectivity index (χ4n) is 3.30. The summed E-state index contributed by atoms with van der Waals surface area (Å²) < 4.78 is 5.92. The van der Waals surface area contributed by atoms with E-state index in [9.17, 15) is 5.11 Å². The molecular weight excluding hydrogens is 214 g/mol. The third-order valence-electron chi connectivity index (χ3n) is 4.15. The van der Waals surface area contributed by atoms with Gasteiger partial charge in [-0.05, 0) is 19.0 Å². The number of hydrogen-bond acceptors (Lipinski definition) is 3. The molecule has 0 unspecified atom stereocenters. The Kier molecular flexibility index (Phi) is 2.69. The molecule has 17 heavy (non-hydrogen) atoms. The maximum absolute atomic E-state index is 9.83. The normalized spacial score (nSPS) is 38.0. The van der Waals surface area contributed by atoms with Crippen LogP contribution in [0.4, 0.5) is 0 Å². The van der Waals surface area contributed by atoms with Crippen molar-refractivity contribution in [1.29, 1.82) is 0 Å². The molecule has 3 heteroatoms. The van der Waals surface area contributed by atoms with Crippen LogP contribution in [-0.4, -0.2) is 36.4 Å². The van der Waals surface area contributed by atoms with E-state index in [1.54, 1.807) is 0 Å². The molecule has 0 aromatic heterocycles. The second-order valence-corrected chi connectivity index (χ2v) is 5.27. The Labute approximate surface area is 102 Å². The average molecular weight is 233 g/mol. The molecule has 0 radical (unpaired) electrons. The molecule has 2 aliphatic rings. The van der Waals surface area contributed by atoms with E-state index in [0.29, 0.717) is 5.92 Å². The summed E-state index contributed by atoms with van der Waals surface area (Å²) in [6.45, 7) is 2.03. The molecule has 0 bridgehead atoms. The van der Waals surface area contributed by atoms with E-state index in [1.165, 1.54) is 5.56 Å². The first-order valence-corrected chi connectivity index (χ1v) is 6.31. The zero-order valence-electron chi connectivity index (χ0n) is 10.2. The van der Waals surface area contributed by atoms with Gasteiger partial charge in [-0.1, -0.05) is 30.3 Å². The quantitative estimate of drug-likeness (QED) is 0.799. The highest BCUT2D eigenvalue weighted by atomic mass is 16.6. The van der Waals surface area contributed by atoms with Gasteiger partial charge in [0.05, 0.1) is 0 Å². The van der Waals surface area contributed by atoms with Gasteiger partial charge in [0.15, 0.2) is 6.29 Å². The molecule has 0 saturated carbocycles. The number of hydrogen-bond donors (Lipinski definition) is 1. The summed E-state index contributed by atoms with van der Waals surface area (Å²) in [4.78, 5) is 2.33. The van der Waals surface area contributed by atoms with Gasteiger partial charge in [0.25, 0.3) is 0 Å². The molecular formula is C14H19NO2. The largest absolute Gasteiger partial charge is 0.368 e. The molecule has 1 aromatic carbocycles. The monoisotopic (exact) mass is 233 g/mol. The second-order valence-electron chi connectivity index (χ2n) is 5.27. The van der Waals surface area contributed by atoms with Gasteiger partial charge in [0.2, 0.25) is 0 Å². The van der Waals surface area contributed by atoms with E-state index in [1.807, 2.05) is 18.2 Å². The minimum atomic E-state index is -0.605. The number of ether oxygens (including phenoxy) is 1. The fourth-order valence-corrected chi connectivity index (χ4v) is 3.30. The van der Waals surface area contributed by atoms with Crippen LogP contribution in [0.15, 0.2) is 30.3 Å². The lowest BCUT2D eigenvalue weighted by Gasteiger charge is -2.42. The van der Waals surface area contributed by atoms with Crippen molar-refractivity contribution < 1.29 is 9.84 Å². The lowest BCUT2D eigenvalue weighted by Crippen LogP contribution is -2.46. The van der Waals surface area contributed by atoms with Crippen LogP contribution in [0.2, 0.25) is 0 Å². The first-order valence-electron chi connectivity index (χ1n) is 6.31. The molecule has 3 nitrogen and oxygen atoms in total. The number of aliphatic hydroxyl groups excluding tert-OH is 1. The molecule has 2 aliphatic heterocycles. The SMILES string of the molecule is CN1CC[C@]2(c3ccccc3)O[C@@H](O)C[C@H]2C1. The Hall–Kier alpha value is -0.900. The van der Waals surface area contributed by atoms with Crippen LogP contribution in [-0.2, 0) is 10.3 Å². The Morgan fingerprint density at radius 3 is 2.88 bits per heavy atom. The summed E-state index contributed by atoms with van der Waals surface area (Å²) in [5, 5.41) is 9.83. The maximum atomic E-state index is 9.83. The van der Waals surface area contributed by atoms with Crippen LogP contribution in [0.1, 0.15) is 18.4 Å². The number of piperidine rings is 1. The number of aliphatic hydroxyl groups is 1. The van der Waals surface area contributed by atoms with Gasteiger partial charge in [0.1, 0.15) is 5.60 Å². The van der Waals surface area contributed by atoms with Gasteiger partial charge >= 0.3 is 0 Å². The number of likely N-dealkylation sites (tertiary alicyclic amines) is 1. The Bertz CT molecular complexity index is 394. The van der Waals surface area contributed by atoms with Gasteiger partial charge in [0, 0.05) is 25.4 Å². The summed E-state index contributed by atoms with van der Waals surface area (Å²) in [6.07, 6.45) is 1.11. The molecule has 0 spiro atoms. The molecule has 1 aromatic rings. The zero-order chi connectivity index (χ0) is 11.9. The highest BCUT2D eigenvalue weighted by Gasteiger charge is 2.51. The second kappa shape index (κ2) is 4.09. The zero-order valence-corrected chi connectivity index (χ0v) is 10.2. The minimum absolute atomic E-state index is 0.257. The van der Waals surface area contributed by atoms with Gasteiger partial charge in [-0.25, -0.2) is 0 Å². The molecule has 0 aliphatic carbocycles. The van der Waals surface area contributed by atoms with Gasteiger partial charge < -0.3 is 14.7 Å². The molecule has 0 amide bonds. The van der Waals surface area contributed by atoms with Crippen LogP contribution in [0.25, 0.3) is 0 Å². The molecule has 3 rings (SSSR count). The molecule has 2 fully saturated rings. The topological polar surface area (TPSA) is 32.7 Å². The third kappa shape index (κ3) is 1.79. The standard InChI is InChI=1S/C14H19NO2/c1-15-8-7-14(11-5-3-2-4-6-11)12(10-15)9-13(16)17-14/h2-6,12-13,16H,7-10H2,1H3/t12-,13+,14+/m0/s1. The number of nitrogens with zero attached hydrogens (tertiary/aromatic N) is 1. The first kappa shape index (κ1) is 11.2. The van der Waals surface area contributed by atoms with Crippen LogP contribution in [0.3, 0.4) is 0 Å². The van der Waals surface area contributed by atoms with Crippen LogP contribution >= 0.6 is 0 Å². The third-order valence-corrected chi connectivity index (χ3v) is 4.15. The van der Waals surface area contributed by atoms with E-state index in [2.05, 4.69) is 24.1 Å². The maximum Gasteiger partial charge on any atom is 0.156 e. The Morgan fingerprint density at radius 1 is 1.35 bits per heavy atom. The number of rotatable bonds is 1. The summed E-state index contributed by atoms with van der Waals surface area (Å²) in [6, 6.07) is 10.4. The van der Waals surface area contributed by atoms with E-state index >= 15 is 0 Å².